The van der Waals surface area contributed by atoms with E-state index in [0.29, 0.717) is 44.6 Å². The molecule has 0 unspecified atom stereocenters. The quantitative estimate of drug-likeness (QED) is 0.758. The fourth-order valence-electron chi connectivity index (χ4n) is 3.92. The Balaban J connectivity index is 1.67. The second kappa shape index (κ2) is 8.02. The number of fused-ring (bicyclic) bond motifs is 1. The number of ether oxygens (including phenoxy) is 2. The number of piperidine rings is 1. The monoisotopic (exact) mass is 376 g/mol. The molecule has 3 rings (SSSR count). The van der Waals surface area contributed by atoms with Crippen LogP contribution in [0.25, 0.3) is 0 Å². The zero-order chi connectivity index (χ0) is 19.6. The van der Waals surface area contributed by atoms with Gasteiger partial charge in [0.05, 0.1) is 24.6 Å². The van der Waals surface area contributed by atoms with E-state index in [-0.39, 0.29) is 12.2 Å². The van der Waals surface area contributed by atoms with Crippen LogP contribution in [-0.4, -0.2) is 57.8 Å². The summed E-state index contributed by atoms with van der Waals surface area (Å²) in [6.07, 6.45) is 1.88. The summed E-state index contributed by atoms with van der Waals surface area (Å²) >= 11 is 0. The third kappa shape index (κ3) is 4.09. The van der Waals surface area contributed by atoms with Gasteiger partial charge in [-0.3, -0.25) is 0 Å². The van der Waals surface area contributed by atoms with Gasteiger partial charge in [-0.25, -0.2) is 14.6 Å². The van der Waals surface area contributed by atoms with Crippen LogP contribution in [0.15, 0.2) is 12.3 Å². The van der Waals surface area contributed by atoms with Crippen LogP contribution >= 0.6 is 0 Å². The highest BCUT2D eigenvalue weighted by Crippen LogP contribution is 2.30. The maximum Gasteiger partial charge on any atom is 0.414 e. The van der Waals surface area contributed by atoms with Crippen molar-refractivity contribution < 1.29 is 19.1 Å². The third-order valence-electron chi connectivity index (χ3n) is 5.10. The van der Waals surface area contributed by atoms with Crippen molar-refractivity contribution in [1.29, 1.82) is 0 Å². The molecule has 8 heteroatoms. The van der Waals surface area contributed by atoms with E-state index in [9.17, 15) is 9.59 Å². The van der Waals surface area contributed by atoms with E-state index in [1.54, 1.807) is 16.7 Å². The van der Waals surface area contributed by atoms with E-state index in [1.165, 1.54) is 5.69 Å². The van der Waals surface area contributed by atoms with Gasteiger partial charge < -0.3 is 23.8 Å². The number of aryl methyl sites for hydroxylation is 1. The summed E-state index contributed by atoms with van der Waals surface area (Å²) in [5, 5.41) is 0. The molecule has 0 bridgehead atoms. The molecule has 2 aliphatic rings. The first-order valence-electron chi connectivity index (χ1n) is 9.51. The molecular formula is C19H28N4O4. The maximum absolute atomic E-state index is 12.0. The maximum atomic E-state index is 12.0. The molecule has 1 fully saturated rings. The molecule has 1 aromatic heterocycles. The van der Waals surface area contributed by atoms with Crippen molar-refractivity contribution >= 4 is 12.2 Å². The van der Waals surface area contributed by atoms with Gasteiger partial charge in [0.15, 0.2) is 0 Å². The lowest BCUT2D eigenvalue weighted by atomic mass is 10.0. The normalized spacial score (nSPS) is 17.4. The zero-order valence-corrected chi connectivity index (χ0v) is 16.4. The van der Waals surface area contributed by atoms with Crippen molar-refractivity contribution in [2.24, 2.45) is 0 Å². The Hall–Kier alpha value is -2.51. The van der Waals surface area contributed by atoms with Gasteiger partial charge in [-0.15, -0.1) is 0 Å². The van der Waals surface area contributed by atoms with Crippen molar-refractivity contribution in [3.8, 4) is 0 Å². The first-order valence-corrected chi connectivity index (χ1v) is 9.51. The fourth-order valence-corrected chi connectivity index (χ4v) is 3.92. The van der Waals surface area contributed by atoms with E-state index < -0.39 is 0 Å². The number of carbonyl (C=O) groups excluding carboxylic acids is 2. The molecule has 27 heavy (non-hydrogen) atoms. The molecule has 3 heterocycles. The summed E-state index contributed by atoms with van der Waals surface area (Å²) in [5.41, 5.74) is 2.16. The van der Waals surface area contributed by atoms with Gasteiger partial charge in [-0.1, -0.05) is 6.58 Å². The molecule has 2 aliphatic heterocycles. The highest BCUT2D eigenvalue weighted by Gasteiger charge is 2.31. The van der Waals surface area contributed by atoms with Crippen LogP contribution in [0.5, 0.6) is 0 Å². The number of allylic oxidation sites excluding steroid dienone is 1. The van der Waals surface area contributed by atoms with Crippen LogP contribution in [0.1, 0.15) is 49.9 Å². The van der Waals surface area contributed by atoms with Gasteiger partial charge in [-0.05, 0) is 33.6 Å². The van der Waals surface area contributed by atoms with E-state index in [0.717, 1.165) is 30.8 Å². The lowest BCUT2D eigenvalue weighted by Gasteiger charge is -2.34. The molecule has 8 nitrogen and oxygen atoms in total. The first kappa shape index (κ1) is 19.3. The molecule has 1 saturated heterocycles. The molecule has 1 aromatic rings. The number of imidazole rings is 1. The standard InChI is InChI=1S/C19H28N4O4/c1-5-26-18(24)22-11-8-17-16(12-22)20-14(4)23(17)15-6-9-21(10-7-15)19(25)27-13(2)3/h15H,2,5-12H2,1,3-4H3. The second-order valence-corrected chi connectivity index (χ2v) is 7.08. The summed E-state index contributed by atoms with van der Waals surface area (Å²) < 4.78 is 12.5. The van der Waals surface area contributed by atoms with E-state index in [1.807, 2.05) is 13.8 Å². The van der Waals surface area contributed by atoms with Gasteiger partial charge >= 0.3 is 12.2 Å². The molecule has 2 amide bonds. The number of hydrogen-bond acceptors (Lipinski definition) is 5. The molecule has 0 atom stereocenters. The van der Waals surface area contributed by atoms with Crippen LogP contribution < -0.4 is 0 Å². The summed E-state index contributed by atoms with van der Waals surface area (Å²) in [6, 6.07) is 0.310. The summed E-state index contributed by atoms with van der Waals surface area (Å²) in [7, 11) is 0. The van der Waals surface area contributed by atoms with Crippen molar-refractivity contribution in [3.05, 3.63) is 29.6 Å². The van der Waals surface area contributed by atoms with Gasteiger partial charge in [0.1, 0.15) is 5.82 Å². The predicted octanol–water partition coefficient (Wildman–Crippen LogP) is 3.01. The number of amides is 2. The third-order valence-corrected chi connectivity index (χ3v) is 5.10. The van der Waals surface area contributed by atoms with Crippen molar-refractivity contribution in [1.82, 2.24) is 19.4 Å². The van der Waals surface area contributed by atoms with E-state index in [4.69, 9.17) is 14.5 Å². The Kier molecular flexibility index (Phi) is 5.72. The van der Waals surface area contributed by atoms with Gasteiger partial charge in [0, 0.05) is 37.8 Å². The lowest BCUT2D eigenvalue weighted by molar-refractivity contribution is 0.101. The lowest BCUT2D eigenvalue weighted by Crippen LogP contribution is -2.40. The Morgan fingerprint density at radius 1 is 1.19 bits per heavy atom. The molecule has 0 saturated carbocycles. The summed E-state index contributed by atoms with van der Waals surface area (Å²) in [4.78, 5) is 32.2. The number of hydrogen-bond donors (Lipinski definition) is 0. The van der Waals surface area contributed by atoms with Crippen molar-refractivity contribution in [3.63, 3.8) is 0 Å². The fraction of sp³-hybridized carbons (Fsp3) is 0.632. The van der Waals surface area contributed by atoms with Crippen LogP contribution in [-0.2, 0) is 22.4 Å². The zero-order valence-electron chi connectivity index (χ0n) is 16.4. The number of rotatable bonds is 3. The minimum Gasteiger partial charge on any atom is -0.450 e. The summed E-state index contributed by atoms with van der Waals surface area (Å²) in [5.74, 6) is 1.38. The van der Waals surface area contributed by atoms with Gasteiger partial charge in [0.25, 0.3) is 0 Å². The molecule has 0 aromatic carbocycles. The first-order chi connectivity index (χ1) is 12.9. The smallest absolute Gasteiger partial charge is 0.414 e. The Labute approximate surface area is 159 Å². The van der Waals surface area contributed by atoms with Crippen LogP contribution in [0.3, 0.4) is 0 Å². The number of aromatic nitrogens is 2. The molecular weight excluding hydrogens is 348 g/mol. The minimum atomic E-state index is -0.324. The number of carbonyl (C=O) groups is 2. The number of nitrogens with zero attached hydrogens (tertiary/aromatic N) is 4. The Morgan fingerprint density at radius 2 is 1.89 bits per heavy atom. The van der Waals surface area contributed by atoms with E-state index >= 15 is 0 Å². The number of likely N-dealkylation sites (tertiary alicyclic amines) is 1. The van der Waals surface area contributed by atoms with Crippen LogP contribution in [0.2, 0.25) is 0 Å². The Bertz CT molecular complexity index is 734. The summed E-state index contributed by atoms with van der Waals surface area (Å²) in [6.45, 7) is 11.9. The van der Waals surface area contributed by atoms with Crippen LogP contribution in [0.4, 0.5) is 9.59 Å². The van der Waals surface area contributed by atoms with Gasteiger partial charge in [-0.2, -0.15) is 0 Å². The average Bonchev–Trinajstić information content (AvgIpc) is 2.96. The van der Waals surface area contributed by atoms with Crippen molar-refractivity contribution in [2.75, 3.05) is 26.2 Å². The SMILES string of the molecule is C=C(C)OC(=O)N1CCC(n2c(C)nc3c2CCN(C(=O)OCC)C3)CC1. The van der Waals surface area contributed by atoms with Gasteiger partial charge in [0.2, 0.25) is 0 Å². The molecule has 0 N–H and O–H groups in total. The minimum absolute atomic E-state index is 0.278. The molecule has 0 spiro atoms. The topological polar surface area (TPSA) is 76.9 Å². The highest BCUT2D eigenvalue weighted by molar-refractivity contribution is 5.69. The second-order valence-electron chi connectivity index (χ2n) is 7.08. The predicted molar refractivity (Wildman–Crippen MR) is 99.2 cm³/mol. The molecule has 0 aliphatic carbocycles. The van der Waals surface area contributed by atoms with Crippen molar-refractivity contribution in [2.45, 2.75) is 52.6 Å². The van der Waals surface area contributed by atoms with Crippen LogP contribution in [0, 0.1) is 6.92 Å². The van der Waals surface area contributed by atoms with E-state index in [2.05, 4.69) is 11.1 Å². The Morgan fingerprint density at radius 3 is 2.52 bits per heavy atom. The highest BCUT2D eigenvalue weighted by atomic mass is 16.6. The average molecular weight is 376 g/mol. The largest absolute Gasteiger partial charge is 0.450 e. The molecule has 0 radical (unpaired) electrons. The molecule has 148 valence electrons.